The van der Waals surface area contributed by atoms with Gasteiger partial charge >= 0.3 is 0 Å². The quantitative estimate of drug-likeness (QED) is 0.849. The summed E-state index contributed by atoms with van der Waals surface area (Å²) in [5, 5.41) is 3.11. The van der Waals surface area contributed by atoms with Crippen molar-refractivity contribution < 1.29 is 9.53 Å². The number of amides is 1. The minimum atomic E-state index is 0.258. The predicted octanol–water partition coefficient (Wildman–Crippen LogP) is 1.77. The Balaban J connectivity index is 1.88. The molecule has 1 fully saturated rings. The summed E-state index contributed by atoms with van der Waals surface area (Å²) in [6.07, 6.45) is 1.64. The number of benzene rings is 1. The smallest absolute Gasteiger partial charge is 0.223 e. The third-order valence-electron chi connectivity index (χ3n) is 3.63. The summed E-state index contributed by atoms with van der Waals surface area (Å²) >= 11 is 0. The maximum absolute atomic E-state index is 11.8. The molecule has 1 saturated heterocycles. The highest BCUT2D eigenvalue weighted by Crippen LogP contribution is 2.22. The molecule has 0 spiro atoms. The van der Waals surface area contributed by atoms with Crippen LogP contribution in [0.5, 0.6) is 0 Å². The third kappa shape index (κ3) is 3.70. The molecule has 1 atom stereocenters. The van der Waals surface area contributed by atoms with Gasteiger partial charge in [-0.15, -0.1) is 0 Å². The number of carbonyl (C=O) groups is 1. The van der Waals surface area contributed by atoms with E-state index in [0.717, 1.165) is 18.7 Å². The summed E-state index contributed by atoms with van der Waals surface area (Å²) in [5.41, 5.74) is 2.42. The van der Waals surface area contributed by atoms with Crippen LogP contribution >= 0.6 is 0 Å². The maximum Gasteiger partial charge on any atom is 0.223 e. The Bertz CT molecular complexity index is 417. The van der Waals surface area contributed by atoms with Crippen molar-refractivity contribution >= 4 is 11.6 Å². The predicted molar refractivity (Wildman–Crippen MR) is 76.3 cm³/mol. The molecule has 1 aliphatic rings. The van der Waals surface area contributed by atoms with Gasteiger partial charge in [0, 0.05) is 39.4 Å². The van der Waals surface area contributed by atoms with Crippen LogP contribution in [0, 0.1) is 5.92 Å². The Morgan fingerprint density at radius 2 is 2.11 bits per heavy atom. The molecule has 1 aromatic rings. The van der Waals surface area contributed by atoms with Crippen LogP contribution in [0.1, 0.15) is 12.0 Å². The summed E-state index contributed by atoms with van der Waals surface area (Å²) < 4.78 is 5.03. The zero-order valence-electron chi connectivity index (χ0n) is 11.7. The summed E-state index contributed by atoms with van der Waals surface area (Å²) in [6.45, 7) is 2.19. The first-order valence-corrected chi connectivity index (χ1v) is 6.76. The third-order valence-corrected chi connectivity index (χ3v) is 3.63. The zero-order valence-corrected chi connectivity index (χ0v) is 11.7. The topological polar surface area (TPSA) is 41.6 Å². The molecule has 1 unspecified atom stereocenters. The summed E-state index contributed by atoms with van der Waals surface area (Å²) in [7, 11) is 3.58. The fourth-order valence-corrected chi connectivity index (χ4v) is 2.55. The molecule has 1 aliphatic heterocycles. The monoisotopic (exact) mass is 262 g/mol. The van der Waals surface area contributed by atoms with Gasteiger partial charge in [-0.25, -0.2) is 0 Å². The molecule has 4 heteroatoms. The number of anilines is 1. The van der Waals surface area contributed by atoms with E-state index in [2.05, 4.69) is 29.6 Å². The minimum Gasteiger partial charge on any atom is -0.388 e. The van der Waals surface area contributed by atoms with Gasteiger partial charge in [0.25, 0.3) is 0 Å². The molecular formula is C15H22N2O2. The van der Waals surface area contributed by atoms with Gasteiger partial charge in [-0.1, -0.05) is 12.1 Å². The Labute approximate surface area is 114 Å². The van der Waals surface area contributed by atoms with Crippen LogP contribution in [0.4, 0.5) is 5.69 Å². The molecule has 1 aromatic carbocycles. The summed E-state index contributed by atoms with van der Waals surface area (Å²) in [5.74, 6) is 0.693. The Morgan fingerprint density at radius 1 is 1.37 bits per heavy atom. The number of nitrogens with zero attached hydrogens (tertiary/aromatic N) is 1. The SMILES string of the molecule is CNc1ccc(CC2CC(=O)N(CCOC)C2)cc1. The summed E-state index contributed by atoms with van der Waals surface area (Å²) in [4.78, 5) is 13.8. The van der Waals surface area contributed by atoms with E-state index in [-0.39, 0.29) is 5.91 Å². The van der Waals surface area contributed by atoms with Crippen molar-refractivity contribution in [2.45, 2.75) is 12.8 Å². The Hall–Kier alpha value is -1.55. The number of rotatable bonds is 6. The molecule has 0 bridgehead atoms. The van der Waals surface area contributed by atoms with Gasteiger partial charge in [0.15, 0.2) is 0 Å². The lowest BCUT2D eigenvalue weighted by molar-refractivity contribution is -0.128. The normalized spacial score (nSPS) is 18.9. The van der Waals surface area contributed by atoms with E-state index in [4.69, 9.17) is 4.74 Å². The molecule has 104 valence electrons. The van der Waals surface area contributed by atoms with E-state index in [1.165, 1.54) is 5.56 Å². The first-order valence-electron chi connectivity index (χ1n) is 6.76. The van der Waals surface area contributed by atoms with Gasteiger partial charge in [0.1, 0.15) is 0 Å². The lowest BCUT2D eigenvalue weighted by Crippen LogP contribution is -2.28. The number of hydrogen-bond donors (Lipinski definition) is 1. The van der Waals surface area contributed by atoms with Crippen LogP contribution in [0.25, 0.3) is 0 Å². The number of nitrogens with one attached hydrogen (secondary N) is 1. The molecule has 19 heavy (non-hydrogen) atoms. The molecule has 4 nitrogen and oxygen atoms in total. The average molecular weight is 262 g/mol. The highest BCUT2D eigenvalue weighted by molar-refractivity contribution is 5.78. The van der Waals surface area contributed by atoms with Crippen LogP contribution in [-0.4, -0.2) is 44.7 Å². The van der Waals surface area contributed by atoms with Crippen molar-refractivity contribution in [3.05, 3.63) is 29.8 Å². The Morgan fingerprint density at radius 3 is 2.74 bits per heavy atom. The lowest BCUT2D eigenvalue weighted by atomic mass is 9.98. The van der Waals surface area contributed by atoms with E-state index < -0.39 is 0 Å². The van der Waals surface area contributed by atoms with Crippen molar-refractivity contribution in [1.82, 2.24) is 4.90 Å². The van der Waals surface area contributed by atoms with Crippen molar-refractivity contribution in [3.8, 4) is 0 Å². The highest BCUT2D eigenvalue weighted by atomic mass is 16.5. The number of carbonyl (C=O) groups excluding carboxylic acids is 1. The Kier molecular flexibility index (Phi) is 4.80. The van der Waals surface area contributed by atoms with Crippen LogP contribution in [-0.2, 0) is 16.0 Å². The number of methoxy groups -OCH3 is 1. The second-order valence-corrected chi connectivity index (χ2v) is 5.05. The number of likely N-dealkylation sites (tertiary alicyclic amines) is 1. The maximum atomic E-state index is 11.8. The number of hydrogen-bond acceptors (Lipinski definition) is 3. The van der Waals surface area contributed by atoms with Crippen molar-refractivity contribution in [1.29, 1.82) is 0 Å². The fourth-order valence-electron chi connectivity index (χ4n) is 2.55. The highest BCUT2D eigenvalue weighted by Gasteiger charge is 2.28. The molecular weight excluding hydrogens is 240 g/mol. The molecule has 1 amide bonds. The van der Waals surface area contributed by atoms with Crippen molar-refractivity contribution in [2.75, 3.05) is 39.2 Å². The van der Waals surface area contributed by atoms with E-state index in [9.17, 15) is 4.79 Å². The van der Waals surface area contributed by atoms with Gasteiger partial charge in [0.05, 0.1) is 6.61 Å². The van der Waals surface area contributed by atoms with Gasteiger partial charge < -0.3 is 15.0 Å². The molecule has 1 N–H and O–H groups in total. The van der Waals surface area contributed by atoms with E-state index in [1.807, 2.05) is 11.9 Å². The van der Waals surface area contributed by atoms with Crippen LogP contribution in [0.3, 0.4) is 0 Å². The zero-order chi connectivity index (χ0) is 13.7. The van der Waals surface area contributed by atoms with Crippen molar-refractivity contribution in [3.63, 3.8) is 0 Å². The number of ether oxygens (including phenoxy) is 1. The second kappa shape index (κ2) is 6.57. The van der Waals surface area contributed by atoms with Gasteiger partial charge in [-0.3, -0.25) is 4.79 Å². The first-order chi connectivity index (χ1) is 9.22. The van der Waals surface area contributed by atoms with Crippen molar-refractivity contribution in [2.24, 2.45) is 5.92 Å². The molecule has 0 saturated carbocycles. The van der Waals surface area contributed by atoms with E-state index in [0.29, 0.717) is 25.5 Å². The van der Waals surface area contributed by atoms with E-state index >= 15 is 0 Å². The molecule has 0 aliphatic carbocycles. The molecule has 0 aromatic heterocycles. The average Bonchev–Trinajstić information content (AvgIpc) is 2.77. The standard InChI is InChI=1S/C15H22N2O2/c1-16-14-5-3-12(4-6-14)9-13-10-15(18)17(11-13)7-8-19-2/h3-6,13,16H,7-11H2,1-2H3. The largest absolute Gasteiger partial charge is 0.388 e. The lowest BCUT2D eigenvalue weighted by Gasteiger charge is -2.16. The molecule has 2 rings (SSSR count). The minimum absolute atomic E-state index is 0.258. The van der Waals surface area contributed by atoms with Gasteiger partial charge in [-0.05, 0) is 30.0 Å². The van der Waals surface area contributed by atoms with Crippen LogP contribution in [0.15, 0.2) is 24.3 Å². The fraction of sp³-hybridized carbons (Fsp3) is 0.533. The second-order valence-electron chi connectivity index (χ2n) is 5.05. The van der Waals surface area contributed by atoms with Crippen LogP contribution < -0.4 is 5.32 Å². The first kappa shape index (κ1) is 13.9. The van der Waals surface area contributed by atoms with E-state index in [1.54, 1.807) is 7.11 Å². The molecule has 0 radical (unpaired) electrons. The molecule has 1 heterocycles. The van der Waals surface area contributed by atoms with Crippen LogP contribution in [0.2, 0.25) is 0 Å². The summed E-state index contributed by atoms with van der Waals surface area (Å²) in [6, 6.07) is 8.42. The van der Waals surface area contributed by atoms with Gasteiger partial charge in [0.2, 0.25) is 5.91 Å². The van der Waals surface area contributed by atoms with Gasteiger partial charge in [-0.2, -0.15) is 0 Å².